The van der Waals surface area contributed by atoms with Crippen molar-refractivity contribution < 1.29 is 4.39 Å². The van der Waals surface area contributed by atoms with Crippen LogP contribution in [0.3, 0.4) is 0 Å². The number of hydrogen-bond donors (Lipinski definition) is 1. The topological polar surface area (TPSA) is 80.9 Å². The Morgan fingerprint density at radius 1 is 1.19 bits per heavy atom. The Hall–Kier alpha value is -2.64. The summed E-state index contributed by atoms with van der Waals surface area (Å²) in [7, 11) is 18.9. The highest BCUT2D eigenvalue weighted by molar-refractivity contribution is 6.59. The van der Waals surface area contributed by atoms with Crippen LogP contribution < -0.4 is 5.73 Å². The second-order valence-corrected chi connectivity index (χ2v) is 6.72. The maximum absolute atomic E-state index is 10.7. The van der Waals surface area contributed by atoms with E-state index in [4.69, 9.17) is 29.3 Å². The van der Waals surface area contributed by atoms with Crippen LogP contribution in [-0.4, -0.2) is 51.9 Å². The number of benzene rings is 1. The lowest BCUT2D eigenvalue weighted by atomic mass is 9.41. The Morgan fingerprint density at radius 3 is 2.35 bits per heavy atom. The maximum Gasteiger partial charge on any atom is 0.238 e. The molecular formula is C21H28B3FN6. The standard InChI is InChI=1S/C16H15B3N6.C3H7F.C2H6/c1-9-7-10(3-4-12(9)23-21-2)11-5-6-25-14(11)13(8-16(17,18)19)22-15(20)24-25;1-2-3-4;1-2/h3-7H,8H2,1-2H3,(H2,20,24);2-3H2,1H3;1-2H3. The number of aryl methyl sites for hydroxylation is 1. The third-order valence-electron chi connectivity index (χ3n) is 3.98. The van der Waals surface area contributed by atoms with Gasteiger partial charge in [-0.25, -0.2) is 9.50 Å². The van der Waals surface area contributed by atoms with Crippen LogP contribution >= 0.6 is 0 Å². The lowest BCUT2D eigenvalue weighted by molar-refractivity contribution is 0.487. The molecule has 6 radical (unpaired) electrons. The summed E-state index contributed by atoms with van der Waals surface area (Å²) in [6.45, 7) is 7.60. The molecule has 0 fully saturated rings. The second-order valence-electron chi connectivity index (χ2n) is 6.72. The summed E-state index contributed by atoms with van der Waals surface area (Å²) < 4.78 is 12.4. The van der Waals surface area contributed by atoms with Crippen LogP contribution in [0.1, 0.15) is 38.4 Å². The van der Waals surface area contributed by atoms with E-state index >= 15 is 0 Å². The van der Waals surface area contributed by atoms with Gasteiger partial charge in [0, 0.05) is 18.8 Å². The number of anilines is 1. The monoisotopic (exact) mass is 416 g/mol. The molecule has 0 unspecified atom stereocenters. The Labute approximate surface area is 188 Å². The number of nitrogens with two attached hydrogens (primary N) is 1. The number of aromatic nitrogens is 3. The van der Waals surface area contributed by atoms with Crippen molar-refractivity contribution in [2.45, 2.75) is 45.6 Å². The quantitative estimate of drug-likeness (QED) is 0.491. The molecule has 0 aliphatic heterocycles. The largest absolute Gasteiger partial charge is 0.367 e. The lowest BCUT2D eigenvalue weighted by Crippen LogP contribution is -2.18. The van der Waals surface area contributed by atoms with Crippen molar-refractivity contribution in [3.8, 4) is 11.1 Å². The van der Waals surface area contributed by atoms with Gasteiger partial charge in [-0.3, -0.25) is 4.39 Å². The van der Waals surface area contributed by atoms with Crippen LogP contribution in [0.5, 0.6) is 0 Å². The fourth-order valence-corrected chi connectivity index (χ4v) is 2.81. The highest BCUT2D eigenvalue weighted by Gasteiger charge is 2.18. The summed E-state index contributed by atoms with van der Waals surface area (Å²) in [6, 6.07) is 7.85. The van der Waals surface area contributed by atoms with Gasteiger partial charge in [0.1, 0.15) is 0 Å². The first kappa shape index (κ1) is 26.4. The lowest BCUT2D eigenvalue weighted by Gasteiger charge is -2.20. The Morgan fingerprint density at radius 2 is 1.84 bits per heavy atom. The number of nitrogen functional groups attached to an aromatic ring is 1. The SMILES string of the molecule is CC.CCCF.[B]C([B])([B])Cc1nc(N)nn2ccc(-c3ccc(N=NC)c(C)c3)c12. The van der Waals surface area contributed by atoms with Crippen molar-refractivity contribution in [1.29, 1.82) is 0 Å². The molecule has 0 aliphatic rings. The van der Waals surface area contributed by atoms with Gasteiger partial charge in [-0.2, -0.15) is 10.2 Å². The third kappa shape index (κ3) is 7.53. The number of fused-ring (bicyclic) bond motifs is 1. The first-order chi connectivity index (χ1) is 14.7. The number of alkyl halides is 1. The van der Waals surface area contributed by atoms with E-state index in [1.807, 2.05) is 51.2 Å². The molecule has 0 bridgehead atoms. The van der Waals surface area contributed by atoms with Gasteiger partial charge >= 0.3 is 0 Å². The Kier molecular flexibility index (Phi) is 10.5. The number of rotatable bonds is 5. The molecule has 3 aromatic rings. The third-order valence-corrected chi connectivity index (χ3v) is 3.98. The summed E-state index contributed by atoms with van der Waals surface area (Å²) in [5.41, 5.74) is 10.9. The maximum atomic E-state index is 10.7. The van der Waals surface area contributed by atoms with Crippen LogP contribution in [-0.2, 0) is 6.42 Å². The summed E-state index contributed by atoms with van der Waals surface area (Å²) in [4.78, 5) is 4.29. The van der Waals surface area contributed by atoms with Crippen molar-refractivity contribution in [3.05, 3.63) is 41.7 Å². The van der Waals surface area contributed by atoms with Crippen LogP contribution in [0.25, 0.3) is 16.6 Å². The van der Waals surface area contributed by atoms with E-state index < -0.39 is 5.11 Å². The highest BCUT2D eigenvalue weighted by Crippen LogP contribution is 2.32. The average Bonchev–Trinajstić information content (AvgIpc) is 3.14. The molecule has 0 saturated carbocycles. The molecule has 158 valence electrons. The molecular weight excluding hydrogens is 388 g/mol. The zero-order chi connectivity index (χ0) is 23.6. The minimum Gasteiger partial charge on any atom is -0.367 e. The van der Waals surface area contributed by atoms with E-state index in [1.165, 1.54) is 0 Å². The molecule has 6 nitrogen and oxygen atoms in total. The zero-order valence-electron chi connectivity index (χ0n) is 18.9. The van der Waals surface area contributed by atoms with Gasteiger partial charge in [0.25, 0.3) is 0 Å². The molecule has 0 amide bonds. The molecule has 2 aromatic heterocycles. The van der Waals surface area contributed by atoms with Crippen LogP contribution in [0.2, 0.25) is 5.11 Å². The van der Waals surface area contributed by atoms with Crippen LogP contribution in [0.4, 0.5) is 16.0 Å². The summed E-state index contributed by atoms with van der Waals surface area (Å²) in [5, 5.41) is 10.7. The Bertz CT molecular complexity index is 997. The molecule has 2 heterocycles. The van der Waals surface area contributed by atoms with Crippen molar-refractivity contribution in [3.63, 3.8) is 0 Å². The first-order valence-corrected chi connectivity index (χ1v) is 10.2. The minimum atomic E-state index is -1.40. The van der Waals surface area contributed by atoms with Gasteiger partial charge in [-0.1, -0.05) is 26.8 Å². The summed E-state index contributed by atoms with van der Waals surface area (Å²) in [6.07, 6.45) is 2.62. The Balaban J connectivity index is 0.000000720. The van der Waals surface area contributed by atoms with Gasteiger partial charge in [-0.15, -0.1) is 10.2 Å². The van der Waals surface area contributed by atoms with Crippen molar-refractivity contribution in [2.75, 3.05) is 19.5 Å². The molecule has 0 spiro atoms. The number of azo groups is 1. The van der Waals surface area contributed by atoms with E-state index in [0.29, 0.717) is 12.1 Å². The zero-order valence-corrected chi connectivity index (χ0v) is 18.9. The number of nitrogens with zero attached hydrogens (tertiary/aromatic N) is 5. The molecule has 2 N–H and O–H groups in total. The molecule has 10 heteroatoms. The number of hydrogen-bond acceptors (Lipinski definition) is 5. The molecule has 0 aliphatic carbocycles. The fraction of sp³-hybridized carbons (Fsp3) is 0.429. The molecule has 31 heavy (non-hydrogen) atoms. The summed E-state index contributed by atoms with van der Waals surface area (Å²) in [5.74, 6) is 0.129. The minimum absolute atomic E-state index is 0.129. The van der Waals surface area contributed by atoms with E-state index in [1.54, 1.807) is 18.5 Å². The highest BCUT2D eigenvalue weighted by atomic mass is 19.1. The van der Waals surface area contributed by atoms with Crippen molar-refractivity contribution in [2.24, 2.45) is 10.2 Å². The molecule has 3 rings (SSSR count). The average molecular weight is 416 g/mol. The fourth-order valence-electron chi connectivity index (χ4n) is 2.81. The van der Waals surface area contributed by atoms with Gasteiger partial charge in [-0.05, 0) is 49.1 Å². The van der Waals surface area contributed by atoms with E-state index in [2.05, 4.69) is 20.3 Å². The van der Waals surface area contributed by atoms with Crippen LogP contribution in [0, 0.1) is 6.92 Å². The predicted octanol–water partition coefficient (Wildman–Crippen LogP) is 4.51. The van der Waals surface area contributed by atoms with Crippen molar-refractivity contribution >= 4 is 40.7 Å². The van der Waals surface area contributed by atoms with Gasteiger partial charge in [0.2, 0.25) is 5.95 Å². The summed E-state index contributed by atoms with van der Waals surface area (Å²) >= 11 is 0. The number of halogens is 1. The van der Waals surface area contributed by atoms with Gasteiger partial charge in [0.15, 0.2) is 0 Å². The van der Waals surface area contributed by atoms with E-state index in [-0.39, 0.29) is 19.0 Å². The molecule has 1 aromatic carbocycles. The van der Waals surface area contributed by atoms with Gasteiger partial charge in [0.05, 0.1) is 47.1 Å². The smallest absolute Gasteiger partial charge is 0.238 e. The van der Waals surface area contributed by atoms with Crippen LogP contribution in [0.15, 0.2) is 40.7 Å². The van der Waals surface area contributed by atoms with E-state index in [9.17, 15) is 4.39 Å². The van der Waals surface area contributed by atoms with Gasteiger partial charge < -0.3 is 5.73 Å². The van der Waals surface area contributed by atoms with Crippen molar-refractivity contribution in [1.82, 2.24) is 14.6 Å². The molecule has 0 saturated heterocycles. The first-order valence-electron chi connectivity index (χ1n) is 10.2. The normalized spacial score (nSPS) is 11.0. The molecule has 0 atom stereocenters. The van der Waals surface area contributed by atoms with E-state index in [0.717, 1.165) is 27.9 Å². The second kappa shape index (κ2) is 12.3. The predicted molar refractivity (Wildman–Crippen MR) is 129 cm³/mol.